The second-order valence-electron chi connectivity index (χ2n) is 1.31. The molecule has 1 nitrogen and oxygen atoms in total. The van der Waals surface area contributed by atoms with E-state index in [4.69, 9.17) is 17.7 Å². The molecule has 0 saturated heterocycles. The molecule has 3 heteroatoms. The summed E-state index contributed by atoms with van der Waals surface area (Å²) in [5.74, 6) is 0. The normalized spacial score (nSPS) is 6.60. The maximum Gasteiger partial charge on any atom is 1.00 e. The van der Waals surface area contributed by atoms with Crippen LogP contribution in [0.3, 0.4) is 0 Å². The molecule has 0 saturated carbocycles. The Morgan fingerprint density at radius 3 is 1.70 bits per heavy atom. The number of rotatable bonds is 0. The Morgan fingerprint density at radius 2 is 1.50 bits per heavy atom. The van der Waals surface area contributed by atoms with Crippen LogP contribution >= 0.6 is 0 Å². The minimum Gasteiger partial charge on any atom is -0.780 e. The van der Waals surface area contributed by atoms with Gasteiger partial charge in [-0.15, -0.1) is 0 Å². The van der Waals surface area contributed by atoms with E-state index < -0.39 is 0 Å². The van der Waals surface area contributed by atoms with Gasteiger partial charge < -0.3 is 17.7 Å². The van der Waals surface area contributed by atoms with Crippen molar-refractivity contribution in [2.75, 3.05) is 7.11 Å². The van der Waals surface area contributed by atoms with E-state index in [9.17, 15) is 0 Å². The molecule has 0 radical (unpaired) electrons. The minimum absolute atomic E-state index is 0. The van der Waals surface area contributed by atoms with Gasteiger partial charge in [0, 0.05) is 7.11 Å². The van der Waals surface area contributed by atoms with Gasteiger partial charge in [-0.2, -0.15) is 4.90 Å². The van der Waals surface area contributed by atoms with Gasteiger partial charge in [-0.1, -0.05) is 30.3 Å². The molecule has 0 unspecified atom stereocenters. The Bertz CT molecular complexity index is 144. The smallest absolute Gasteiger partial charge is 0.780 e. The molecule has 10 heavy (non-hydrogen) atoms. The van der Waals surface area contributed by atoms with Crippen molar-refractivity contribution in [1.82, 2.24) is 0 Å². The SMILES string of the molecule is CO.[Na+].[S-]c1ccccc1. The van der Waals surface area contributed by atoms with E-state index >= 15 is 0 Å². The summed E-state index contributed by atoms with van der Waals surface area (Å²) in [4.78, 5) is 0.905. The Labute approximate surface area is 89.2 Å². The van der Waals surface area contributed by atoms with Crippen LogP contribution in [-0.4, -0.2) is 12.2 Å². The maximum atomic E-state index is 7.00. The summed E-state index contributed by atoms with van der Waals surface area (Å²) in [6, 6.07) is 9.62. The molecule has 1 aromatic rings. The average Bonchev–Trinajstić information content (AvgIpc) is 1.94. The molecule has 0 spiro atoms. The molecule has 1 aromatic carbocycles. The van der Waals surface area contributed by atoms with Crippen LogP contribution in [0.1, 0.15) is 0 Å². The Balaban J connectivity index is 0. The molecule has 0 bridgehead atoms. The van der Waals surface area contributed by atoms with Crippen molar-refractivity contribution in [2.45, 2.75) is 4.90 Å². The summed E-state index contributed by atoms with van der Waals surface area (Å²) < 4.78 is 0. The molecule has 0 amide bonds. The monoisotopic (exact) mass is 164 g/mol. The first kappa shape index (κ1) is 13.0. The first-order chi connectivity index (χ1) is 4.39. The molecule has 0 aliphatic rings. The van der Waals surface area contributed by atoms with E-state index in [2.05, 4.69) is 0 Å². The van der Waals surface area contributed by atoms with Crippen LogP contribution in [0.15, 0.2) is 35.2 Å². The third-order valence-corrected chi connectivity index (χ3v) is 1.02. The van der Waals surface area contributed by atoms with Crippen molar-refractivity contribution in [3.05, 3.63) is 30.3 Å². The molecule has 0 aliphatic carbocycles. The third-order valence-electron chi connectivity index (χ3n) is 0.743. The van der Waals surface area contributed by atoms with E-state index in [1.165, 1.54) is 0 Å². The van der Waals surface area contributed by atoms with Crippen molar-refractivity contribution in [3.8, 4) is 0 Å². The maximum absolute atomic E-state index is 7.00. The predicted octanol–water partition coefficient (Wildman–Crippen LogP) is -1.80. The molecule has 0 atom stereocenters. The van der Waals surface area contributed by atoms with Gasteiger partial charge in [0.2, 0.25) is 0 Å². The van der Waals surface area contributed by atoms with Gasteiger partial charge in [0.1, 0.15) is 0 Å². The number of aliphatic hydroxyl groups is 1. The van der Waals surface area contributed by atoms with Crippen molar-refractivity contribution in [2.24, 2.45) is 0 Å². The minimum atomic E-state index is 0. The van der Waals surface area contributed by atoms with Crippen LogP contribution in [0, 0.1) is 0 Å². The van der Waals surface area contributed by atoms with E-state index in [-0.39, 0.29) is 29.6 Å². The molecule has 1 N–H and O–H groups in total. The van der Waals surface area contributed by atoms with Crippen LogP contribution in [0.25, 0.3) is 0 Å². The van der Waals surface area contributed by atoms with Crippen LogP contribution in [0.5, 0.6) is 0 Å². The van der Waals surface area contributed by atoms with Crippen LogP contribution in [0.2, 0.25) is 0 Å². The van der Waals surface area contributed by atoms with E-state index in [0.29, 0.717) is 0 Å². The van der Waals surface area contributed by atoms with Crippen molar-refractivity contribution < 1.29 is 34.7 Å². The second kappa shape index (κ2) is 9.40. The standard InChI is InChI=1S/C6H6S.CH4O.Na/c7-6-4-2-1-3-5-6;1-2;/h1-5,7H;2H,1H3;/q;;+1/p-1. The van der Waals surface area contributed by atoms with Gasteiger partial charge in [-0.05, 0) is 0 Å². The zero-order valence-electron chi connectivity index (χ0n) is 6.24. The fraction of sp³-hybridized carbons (Fsp3) is 0.143. The number of aliphatic hydroxyl groups excluding tert-OH is 1. The van der Waals surface area contributed by atoms with Gasteiger partial charge in [0.25, 0.3) is 0 Å². The fourth-order valence-electron chi connectivity index (χ4n) is 0.420. The zero-order chi connectivity index (χ0) is 7.11. The summed E-state index contributed by atoms with van der Waals surface area (Å²) in [5, 5.41) is 7.00. The summed E-state index contributed by atoms with van der Waals surface area (Å²) in [7, 11) is 1.00. The Kier molecular flexibility index (Phi) is 12.2. The number of benzene rings is 1. The molecular weight excluding hydrogens is 155 g/mol. The molecule has 0 aliphatic heterocycles. The number of hydrogen-bond donors (Lipinski definition) is 1. The summed E-state index contributed by atoms with van der Waals surface area (Å²) in [5.41, 5.74) is 0. The summed E-state index contributed by atoms with van der Waals surface area (Å²) in [6.45, 7) is 0. The second-order valence-corrected chi connectivity index (χ2v) is 1.78. The van der Waals surface area contributed by atoms with Crippen LogP contribution in [-0.2, 0) is 12.6 Å². The van der Waals surface area contributed by atoms with E-state index in [0.717, 1.165) is 12.0 Å². The molecule has 50 valence electrons. The Hall–Kier alpha value is 0.400. The predicted molar refractivity (Wildman–Crippen MR) is 40.2 cm³/mol. The van der Waals surface area contributed by atoms with Crippen LogP contribution in [0.4, 0.5) is 0 Å². The summed E-state index contributed by atoms with van der Waals surface area (Å²) >= 11 is 4.81. The molecule has 1 rings (SSSR count). The first-order valence-corrected chi connectivity index (χ1v) is 2.97. The number of hydrogen-bond acceptors (Lipinski definition) is 2. The van der Waals surface area contributed by atoms with Crippen LogP contribution < -0.4 is 29.6 Å². The first-order valence-electron chi connectivity index (χ1n) is 2.56. The van der Waals surface area contributed by atoms with Gasteiger partial charge in [-0.3, -0.25) is 0 Å². The molecule has 0 fully saturated rings. The topological polar surface area (TPSA) is 20.2 Å². The van der Waals surface area contributed by atoms with E-state index in [1.807, 2.05) is 30.3 Å². The van der Waals surface area contributed by atoms with Crippen molar-refractivity contribution >= 4 is 12.6 Å². The quantitative estimate of drug-likeness (QED) is 0.361. The van der Waals surface area contributed by atoms with Crippen molar-refractivity contribution in [3.63, 3.8) is 0 Å². The van der Waals surface area contributed by atoms with E-state index in [1.54, 1.807) is 0 Å². The molecule has 0 aromatic heterocycles. The van der Waals surface area contributed by atoms with Crippen molar-refractivity contribution in [1.29, 1.82) is 0 Å². The fourth-order valence-corrected chi connectivity index (χ4v) is 0.578. The molecular formula is C7H9NaOS. The molecule has 0 heterocycles. The zero-order valence-corrected chi connectivity index (χ0v) is 9.06. The van der Waals surface area contributed by atoms with Gasteiger partial charge in [0.05, 0.1) is 0 Å². The average molecular weight is 164 g/mol. The summed E-state index contributed by atoms with van der Waals surface area (Å²) in [6.07, 6.45) is 0. The van der Waals surface area contributed by atoms with Gasteiger partial charge >= 0.3 is 29.6 Å². The van der Waals surface area contributed by atoms with Gasteiger partial charge in [0.15, 0.2) is 0 Å². The largest absolute Gasteiger partial charge is 1.00 e. The van der Waals surface area contributed by atoms with Gasteiger partial charge in [-0.25, -0.2) is 0 Å². The third kappa shape index (κ3) is 6.52. The Morgan fingerprint density at radius 1 is 1.10 bits per heavy atom.